The lowest BCUT2D eigenvalue weighted by Gasteiger charge is -2.40. The van der Waals surface area contributed by atoms with Gasteiger partial charge in [-0.15, -0.1) is 0 Å². The molecule has 0 aliphatic carbocycles. The fourth-order valence-corrected chi connectivity index (χ4v) is 4.69. The van der Waals surface area contributed by atoms with Crippen LogP contribution in [0.5, 0.6) is 0 Å². The van der Waals surface area contributed by atoms with E-state index in [2.05, 4.69) is 31.5 Å². The number of likely N-dealkylation sites (tertiary alicyclic amines) is 2. The second kappa shape index (κ2) is 14.6. The first-order valence-corrected chi connectivity index (χ1v) is 12.5. The number of hydrogen-bond acceptors (Lipinski definition) is 5. The van der Waals surface area contributed by atoms with Gasteiger partial charge in [0.15, 0.2) is 0 Å². The summed E-state index contributed by atoms with van der Waals surface area (Å²) in [5, 5.41) is 7.26. The van der Waals surface area contributed by atoms with Crippen molar-refractivity contribution in [1.29, 1.82) is 0 Å². The second-order valence-electron chi connectivity index (χ2n) is 8.99. The number of rotatable bonds is 7. The minimum absolute atomic E-state index is 0.0934. The third kappa shape index (κ3) is 9.27. The lowest BCUT2D eigenvalue weighted by atomic mass is 10.00. The molecule has 2 fully saturated rings. The lowest BCUT2D eigenvalue weighted by Crippen LogP contribution is -2.55. The number of aromatic amines is 1. The smallest absolute Gasteiger partial charge is 0.0961 e. The van der Waals surface area contributed by atoms with Crippen molar-refractivity contribution in [2.24, 2.45) is 5.73 Å². The molecule has 0 aromatic carbocycles. The van der Waals surface area contributed by atoms with Gasteiger partial charge in [-0.3, -0.25) is 14.9 Å². The van der Waals surface area contributed by atoms with Gasteiger partial charge in [-0.25, -0.2) is 8.78 Å². The van der Waals surface area contributed by atoms with Crippen LogP contribution in [-0.2, 0) is 13.1 Å². The topological polar surface area (TPSA) is 64.4 Å². The predicted octanol–water partition coefficient (Wildman–Crippen LogP) is 4.37. The molecule has 4 heterocycles. The van der Waals surface area contributed by atoms with E-state index in [-0.39, 0.29) is 18.7 Å². The van der Waals surface area contributed by atoms with Crippen molar-refractivity contribution in [3.63, 3.8) is 0 Å². The highest BCUT2D eigenvalue weighted by Crippen LogP contribution is 2.26. The normalized spacial score (nSPS) is 24.0. The van der Waals surface area contributed by atoms with Gasteiger partial charge in [-0.2, -0.15) is 5.10 Å². The summed E-state index contributed by atoms with van der Waals surface area (Å²) in [7, 11) is 0. The summed E-state index contributed by atoms with van der Waals surface area (Å²) < 4.78 is 24.0. The third-order valence-corrected chi connectivity index (χ3v) is 6.47. The molecule has 0 saturated carbocycles. The molecule has 0 bridgehead atoms. The lowest BCUT2D eigenvalue weighted by molar-refractivity contribution is 0.0787. The van der Waals surface area contributed by atoms with Gasteiger partial charge in [0.05, 0.1) is 23.5 Å². The zero-order valence-corrected chi connectivity index (χ0v) is 20.8. The minimum Gasteiger partial charge on any atom is -0.326 e. The van der Waals surface area contributed by atoms with E-state index in [0.29, 0.717) is 12.1 Å². The van der Waals surface area contributed by atoms with E-state index >= 15 is 0 Å². The summed E-state index contributed by atoms with van der Waals surface area (Å²) in [6, 6.07) is 0.900. The number of allylic oxidation sites excluding steroid dienone is 3. The van der Waals surface area contributed by atoms with Gasteiger partial charge in [-0.05, 0) is 39.3 Å². The summed E-state index contributed by atoms with van der Waals surface area (Å²) in [5.74, 6) is -0.749. The Hall–Kier alpha value is -1.61. The first-order chi connectivity index (χ1) is 15.9. The van der Waals surface area contributed by atoms with E-state index in [4.69, 9.17) is 5.73 Å². The number of piperidine rings is 1. The van der Waals surface area contributed by atoms with Crippen molar-refractivity contribution < 1.29 is 8.78 Å². The number of aromatic nitrogens is 2. The van der Waals surface area contributed by atoms with Gasteiger partial charge in [0.2, 0.25) is 0 Å². The van der Waals surface area contributed by atoms with Crippen molar-refractivity contribution in [2.75, 3.05) is 39.3 Å². The van der Waals surface area contributed by atoms with Crippen molar-refractivity contribution in [1.82, 2.24) is 24.9 Å². The van der Waals surface area contributed by atoms with Crippen molar-refractivity contribution in [3.05, 3.63) is 41.8 Å². The highest BCUT2D eigenvalue weighted by atomic mass is 19.1. The van der Waals surface area contributed by atoms with Crippen LogP contribution in [0.3, 0.4) is 0 Å². The predicted molar refractivity (Wildman–Crippen MR) is 132 cm³/mol. The van der Waals surface area contributed by atoms with Gasteiger partial charge in [0.1, 0.15) is 0 Å². The van der Waals surface area contributed by atoms with Crippen molar-refractivity contribution >= 4 is 0 Å². The monoisotopic (exact) mass is 466 g/mol. The fraction of sp³-hybridized carbons (Fsp3) is 0.720. The molecule has 33 heavy (non-hydrogen) atoms. The number of halogens is 2. The molecule has 2 saturated heterocycles. The Morgan fingerprint density at radius 2 is 1.85 bits per heavy atom. The van der Waals surface area contributed by atoms with Crippen LogP contribution in [0.4, 0.5) is 8.78 Å². The summed E-state index contributed by atoms with van der Waals surface area (Å²) in [5.41, 5.74) is 9.00. The fourth-order valence-electron chi connectivity index (χ4n) is 4.69. The van der Waals surface area contributed by atoms with Crippen LogP contribution < -0.4 is 5.73 Å². The second-order valence-corrected chi connectivity index (χ2v) is 8.99. The zero-order chi connectivity index (χ0) is 24.2. The first-order valence-electron chi connectivity index (χ1n) is 12.5. The molecule has 0 unspecified atom stereocenters. The van der Waals surface area contributed by atoms with E-state index in [9.17, 15) is 8.78 Å². The van der Waals surface area contributed by atoms with Crippen LogP contribution in [0.1, 0.15) is 64.1 Å². The van der Waals surface area contributed by atoms with Crippen LogP contribution in [0, 0.1) is 0 Å². The molecule has 6 nitrogen and oxygen atoms in total. The molecule has 8 heteroatoms. The maximum Gasteiger partial charge on any atom is 0.0961 e. The number of fused-ring (bicyclic) bond motifs is 1. The highest BCUT2D eigenvalue weighted by molar-refractivity contribution is 5.21. The third-order valence-electron chi connectivity index (χ3n) is 6.47. The maximum atomic E-state index is 12.1. The number of H-pyrrole nitrogens is 1. The molecule has 0 radical (unpaired) electrons. The Bertz CT molecular complexity index is 708. The Labute approximate surface area is 198 Å². The molecule has 0 amide bonds. The summed E-state index contributed by atoms with van der Waals surface area (Å²) in [4.78, 5) is 7.76. The van der Waals surface area contributed by atoms with Crippen molar-refractivity contribution in [2.45, 2.75) is 78.0 Å². The molecule has 3 N–H and O–H groups in total. The number of nitrogens with one attached hydrogen (secondary N) is 1. The first kappa shape index (κ1) is 27.6. The van der Waals surface area contributed by atoms with E-state index in [1.54, 1.807) is 6.92 Å². The molecular weight excluding hydrogens is 422 g/mol. The highest BCUT2D eigenvalue weighted by Gasteiger charge is 2.33. The van der Waals surface area contributed by atoms with Crippen LogP contribution >= 0.6 is 0 Å². The van der Waals surface area contributed by atoms with Gasteiger partial charge >= 0.3 is 0 Å². The largest absolute Gasteiger partial charge is 0.326 e. The standard InChI is InChI=1S/C16H28N6.C7H10F2.C2H6/c17-14-7-15(22-9-13-8-18-19-16(13)12-22)11-21(10-14)6-5-20-3-1-2-4-20;1-3-7(9)5-4-6(2)8;1-2/h8,14-15H,1-7,9-12,17H2,(H,18,19);3H,2,4-5H2,1H3;1-2H3/b;7-3+;/t14-,15+;;/m0../s1. The Morgan fingerprint density at radius 1 is 1.15 bits per heavy atom. The molecule has 1 aromatic rings. The van der Waals surface area contributed by atoms with E-state index in [0.717, 1.165) is 26.1 Å². The van der Waals surface area contributed by atoms with E-state index < -0.39 is 5.83 Å². The molecular formula is C25H44F2N6. The van der Waals surface area contributed by atoms with Crippen LogP contribution in [0.15, 0.2) is 30.5 Å². The number of hydrogen-bond donors (Lipinski definition) is 2. The quantitative estimate of drug-likeness (QED) is 0.625. The van der Waals surface area contributed by atoms with Gasteiger partial charge < -0.3 is 10.6 Å². The average Bonchev–Trinajstić information content (AvgIpc) is 3.55. The van der Waals surface area contributed by atoms with E-state index in [1.165, 1.54) is 62.9 Å². The Kier molecular flexibility index (Phi) is 12.2. The molecule has 2 atom stereocenters. The average molecular weight is 467 g/mol. The van der Waals surface area contributed by atoms with Crippen LogP contribution in [0.25, 0.3) is 0 Å². The minimum atomic E-state index is -0.466. The van der Waals surface area contributed by atoms with E-state index in [1.807, 2.05) is 20.0 Å². The Morgan fingerprint density at radius 3 is 2.48 bits per heavy atom. The maximum absolute atomic E-state index is 12.1. The number of nitrogens with two attached hydrogens (primary N) is 1. The Balaban J connectivity index is 0.000000299. The SMILES string of the molecule is C=C(F)CC/C(F)=C\C.CC.N[C@H]1C[C@@H](N2Cc3cn[nH]c3C2)CN(CCN2CCCC2)C1. The summed E-state index contributed by atoms with van der Waals surface area (Å²) in [6.07, 6.45) is 7.40. The molecule has 0 spiro atoms. The van der Waals surface area contributed by atoms with Gasteiger partial charge in [0, 0.05) is 69.8 Å². The van der Waals surface area contributed by atoms with Gasteiger partial charge in [-0.1, -0.05) is 26.5 Å². The van der Waals surface area contributed by atoms with Crippen LogP contribution in [-0.4, -0.2) is 76.2 Å². The molecule has 188 valence electrons. The molecule has 4 rings (SSSR count). The van der Waals surface area contributed by atoms with Gasteiger partial charge in [0.25, 0.3) is 0 Å². The molecule has 3 aliphatic rings. The molecule has 3 aliphatic heterocycles. The van der Waals surface area contributed by atoms with Crippen LogP contribution in [0.2, 0.25) is 0 Å². The van der Waals surface area contributed by atoms with Crippen molar-refractivity contribution in [3.8, 4) is 0 Å². The summed E-state index contributed by atoms with van der Waals surface area (Å²) in [6.45, 7) is 17.8. The zero-order valence-electron chi connectivity index (χ0n) is 20.8. The number of nitrogens with zero attached hydrogens (tertiary/aromatic N) is 4. The summed E-state index contributed by atoms with van der Waals surface area (Å²) >= 11 is 0. The molecule has 1 aromatic heterocycles.